The Morgan fingerprint density at radius 3 is 0.944 bits per heavy atom. The molecule has 6 aromatic heterocycles. The normalized spacial score (nSPS) is 11.7. The number of rotatable bonds is 21. The molecule has 107 heavy (non-hydrogen) atoms. The van der Waals surface area contributed by atoms with Crippen molar-refractivity contribution in [1.29, 1.82) is 0 Å². The number of aromatic nitrogens is 9. The number of halogens is 1. The van der Waals surface area contributed by atoms with E-state index in [0.29, 0.717) is 34.3 Å². The molecule has 6 heterocycles. The van der Waals surface area contributed by atoms with E-state index in [-0.39, 0.29) is 18.6 Å². The molecular formula is C90H75ClN10O6. The van der Waals surface area contributed by atoms with Crippen LogP contribution in [-0.4, -0.2) is 84.5 Å². The summed E-state index contributed by atoms with van der Waals surface area (Å²) in [5.41, 5.74) is 17.0. The van der Waals surface area contributed by atoms with Crippen molar-refractivity contribution in [2.24, 2.45) is 0 Å². The van der Waals surface area contributed by atoms with Crippen LogP contribution in [0, 0.1) is 0 Å². The first-order valence-electron chi connectivity index (χ1n) is 34.9. The van der Waals surface area contributed by atoms with Gasteiger partial charge in [-0.15, -0.1) is 15.3 Å². The van der Waals surface area contributed by atoms with Gasteiger partial charge in [0, 0.05) is 49.3 Å². The number of carbonyl (C=O) groups is 2. The molecule has 1 atom stereocenters. The number of nitrogens with two attached hydrogens (primary N) is 1. The molecule has 16 aromatic rings. The van der Waals surface area contributed by atoms with Gasteiger partial charge in [0.2, 0.25) is 17.6 Å². The minimum absolute atomic E-state index is 0.000963. The minimum Gasteiger partial charge on any atom is -0.479 e. The van der Waals surface area contributed by atoms with Gasteiger partial charge in [0.1, 0.15) is 33.4 Å². The van der Waals surface area contributed by atoms with Crippen LogP contribution >= 0.6 is 11.6 Å². The van der Waals surface area contributed by atoms with E-state index < -0.39 is 28.5 Å². The maximum atomic E-state index is 13.5. The highest BCUT2D eigenvalue weighted by Crippen LogP contribution is 2.48. The van der Waals surface area contributed by atoms with Crippen molar-refractivity contribution in [2.45, 2.75) is 35.4 Å². The van der Waals surface area contributed by atoms with Gasteiger partial charge < -0.3 is 24.7 Å². The Morgan fingerprint density at radius 1 is 0.374 bits per heavy atom. The van der Waals surface area contributed by atoms with Crippen LogP contribution in [0.3, 0.4) is 0 Å². The summed E-state index contributed by atoms with van der Waals surface area (Å²) >= 11 is 6.34. The van der Waals surface area contributed by atoms with E-state index in [1.165, 1.54) is 7.11 Å². The molecule has 0 unspecified atom stereocenters. The lowest BCUT2D eigenvalue weighted by molar-refractivity contribution is -0.143. The lowest BCUT2D eigenvalue weighted by Gasteiger charge is -2.36. The Hall–Kier alpha value is -13.3. The molecule has 0 spiro atoms. The topological polar surface area (TPSA) is 189 Å². The number of anilines is 1. The Bertz CT molecular complexity index is 5150. The van der Waals surface area contributed by atoms with E-state index >= 15 is 0 Å². The fourth-order valence-electron chi connectivity index (χ4n) is 14.7. The molecule has 2 N–H and O–H groups in total. The first-order valence-corrected chi connectivity index (χ1v) is 35.3. The van der Waals surface area contributed by atoms with Crippen molar-refractivity contribution in [2.75, 3.05) is 34.2 Å². The summed E-state index contributed by atoms with van der Waals surface area (Å²) in [5.74, 6) is 0.608. The number of nitrogens with zero attached hydrogens (tertiary/aromatic N) is 9. The summed E-state index contributed by atoms with van der Waals surface area (Å²) in [7, 11) is 6.17. The molecule has 0 aliphatic carbocycles. The average molecular weight is 1430 g/mol. The molecule has 16 rings (SSSR count). The molecule has 0 radical (unpaired) electrons. The summed E-state index contributed by atoms with van der Waals surface area (Å²) in [4.78, 5) is 39.3. The van der Waals surface area contributed by atoms with Gasteiger partial charge in [-0.1, -0.05) is 315 Å². The van der Waals surface area contributed by atoms with Crippen molar-refractivity contribution in [3.63, 3.8) is 0 Å². The van der Waals surface area contributed by atoms with Crippen molar-refractivity contribution in [3.8, 4) is 17.6 Å². The molecule has 528 valence electrons. The Labute approximate surface area is 624 Å². The molecule has 0 saturated carbocycles. The van der Waals surface area contributed by atoms with Crippen LogP contribution in [0.1, 0.15) is 73.7 Å². The van der Waals surface area contributed by atoms with Crippen molar-refractivity contribution < 1.29 is 28.5 Å². The van der Waals surface area contributed by atoms with E-state index in [1.807, 2.05) is 190 Å². The predicted octanol–water partition coefficient (Wildman–Crippen LogP) is 17.5. The van der Waals surface area contributed by atoms with Crippen molar-refractivity contribution in [1.82, 2.24) is 44.3 Å². The fraction of sp³-hybridized carbons (Fsp3) is 0.111. The van der Waals surface area contributed by atoms with E-state index in [0.717, 1.165) is 88.3 Å². The maximum Gasteiger partial charge on any atom is 0.313 e. The van der Waals surface area contributed by atoms with Gasteiger partial charge in [-0.3, -0.25) is 14.6 Å². The molecular weight excluding hydrogens is 1350 g/mol. The first kappa shape index (κ1) is 70.7. The van der Waals surface area contributed by atoms with Gasteiger partial charge in [0.15, 0.2) is 0 Å². The molecule has 0 saturated heterocycles. The molecule has 0 bridgehead atoms. The van der Waals surface area contributed by atoms with Crippen LogP contribution in [0.4, 0.5) is 5.82 Å². The number of pyridine rings is 3. The number of hydrogen-bond acceptors (Lipinski definition) is 13. The average Bonchev–Trinajstić information content (AvgIpc) is 1.60. The zero-order valence-corrected chi connectivity index (χ0v) is 60.0. The number of carbonyl (C=O) groups excluding carboxylic acids is 2. The SMILES string of the molecule is COC(=O)[C@@H](CC(=O)Cc1cc2c(cn1)c(OC)nn2C(c1ccccc1)(c1ccccc1)c1ccccc1)c1ccccc1.COc1nn(C(c2ccccc2)(c2ccccc2)c2ccccc2)c2cc(Cl)ncc12.COc1nn(C(c2ccccc2)(c2ccccc2)c2ccccc2)c2cc(N)ncc12. The lowest BCUT2D eigenvalue weighted by atomic mass is 9.77. The number of ketones is 1. The van der Waals surface area contributed by atoms with Crippen LogP contribution in [0.15, 0.2) is 340 Å². The second-order valence-corrected chi connectivity index (χ2v) is 25.8. The number of nitrogen functional groups attached to an aromatic ring is 1. The summed E-state index contributed by atoms with van der Waals surface area (Å²) in [6.45, 7) is 0. The quantitative estimate of drug-likeness (QED) is 0.0407. The zero-order chi connectivity index (χ0) is 73.7. The largest absolute Gasteiger partial charge is 0.479 e. The van der Waals surface area contributed by atoms with Crippen molar-refractivity contribution >= 4 is 61.9 Å². The van der Waals surface area contributed by atoms with E-state index in [9.17, 15) is 9.59 Å². The fourth-order valence-corrected chi connectivity index (χ4v) is 14.8. The third kappa shape index (κ3) is 13.5. The second kappa shape index (κ2) is 31.7. The summed E-state index contributed by atoms with van der Waals surface area (Å²) < 4.78 is 28.1. The highest BCUT2D eigenvalue weighted by molar-refractivity contribution is 6.30. The first-order chi connectivity index (χ1) is 52.5. The van der Waals surface area contributed by atoms with E-state index in [4.69, 9.17) is 51.6 Å². The smallest absolute Gasteiger partial charge is 0.313 e. The number of benzene rings is 10. The monoisotopic (exact) mass is 1430 g/mol. The summed E-state index contributed by atoms with van der Waals surface area (Å²) in [6.07, 6.45) is 5.19. The number of methoxy groups -OCH3 is 4. The predicted molar refractivity (Wildman–Crippen MR) is 420 cm³/mol. The summed E-state index contributed by atoms with van der Waals surface area (Å²) in [5, 5.41) is 17.7. The number of ether oxygens (including phenoxy) is 4. The number of Topliss-reactive ketones (excluding diaryl/α,β-unsaturated/α-hetero) is 1. The number of fused-ring (bicyclic) bond motifs is 3. The van der Waals surface area contributed by atoms with Gasteiger partial charge in [-0.25, -0.2) is 24.0 Å². The molecule has 0 fully saturated rings. The Kier molecular flexibility index (Phi) is 21.0. The number of hydrogen-bond donors (Lipinski definition) is 1. The summed E-state index contributed by atoms with van der Waals surface area (Å²) in [6, 6.07) is 108. The second-order valence-electron chi connectivity index (χ2n) is 25.4. The molecule has 10 aromatic carbocycles. The van der Waals surface area contributed by atoms with Gasteiger partial charge in [0.05, 0.1) is 67.1 Å². The third-order valence-corrected chi connectivity index (χ3v) is 19.6. The van der Waals surface area contributed by atoms with E-state index in [2.05, 4.69) is 161 Å². The molecule has 17 heteroatoms. The van der Waals surface area contributed by atoms with Gasteiger partial charge in [0.25, 0.3) is 0 Å². The van der Waals surface area contributed by atoms with Crippen LogP contribution in [0.5, 0.6) is 17.6 Å². The van der Waals surface area contributed by atoms with Crippen LogP contribution in [0.25, 0.3) is 32.7 Å². The van der Waals surface area contributed by atoms with Gasteiger partial charge in [-0.2, -0.15) is 0 Å². The standard InChI is InChI=1S/C38H33N3O4.C26H20ClN3O.C26H22N4O/c1-44-36-34-26-39-31(23-32(42)25-33(37(43)45-2)27-15-7-3-8-16-27)24-35(34)41(40-36)38(28-17-9-4-10-18-28,29-19-11-5-12-20-29)30-21-13-6-14-22-30;2*1-31-25-22-18-28-24(27)17-23(22)30(29-25)26(19-11-5-2-6-12-19,20-13-7-3-8-14-20)21-15-9-4-10-16-21/h3-22,24,26,33H,23,25H2,1-2H3;2-18H,1H3;2-18H,1H3,(H2,27,28)/t33-;;/m0../s1. The van der Waals surface area contributed by atoms with Crippen LogP contribution in [0.2, 0.25) is 5.15 Å². The Morgan fingerprint density at radius 2 is 0.645 bits per heavy atom. The molecule has 0 aliphatic rings. The highest BCUT2D eigenvalue weighted by atomic mass is 35.5. The Balaban J connectivity index is 0.000000138. The molecule has 16 nitrogen and oxygen atoms in total. The number of esters is 1. The van der Waals surface area contributed by atoms with Crippen molar-refractivity contribution in [3.05, 3.63) is 407 Å². The minimum atomic E-state index is -0.884. The van der Waals surface area contributed by atoms with E-state index in [1.54, 1.807) is 39.9 Å². The van der Waals surface area contributed by atoms with Crippen LogP contribution in [-0.2, 0) is 37.4 Å². The third-order valence-electron chi connectivity index (χ3n) is 19.4. The molecule has 0 amide bonds. The van der Waals surface area contributed by atoms with Crippen LogP contribution < -0.4 is 19.9 Å². The van der Waals surface area contributed by atoms with Gasteiger partial charge in [-0.05, 0) is 61.7 Å². The lowest BCUT2D eigenvalue weighted by Crippen LogP contribution is -2.38. The maximum absolute atomic E-state index is 13.5. The molecule has 0 aliphatic heterocycles. The zero-order valence-electron chi connectivity index (χ0n) is 59.3. The van der Waals surface area contributed by atoms with Gasteiger partial charge >= 0.3 is 5.97 Å². The highest BCUT2D eigenvalue weighted by Gasteiger charge is 2.45.